The van der Waals surface area contributed by atoms with Gasteiger partial charge in [0, 0.05) is 26.8 Å². The van der Waals surface area contributed by atoms with Crippen LogP contribution in [0.4, 0.5) is 0 Å². The van der Waals surface area contributed by atoms with Gasteiger partial charge in [0.1, 0.15) is 6.10 Å². The fraction of sp³-hybridized carbons (Fsp3) is 0.533. The Bertz CT molecular complexity index is 388. The number of carbonyl (C=O) groups is 1. The number of nitrogens with zero attached hydrogens (tertiary/aromatic N) is 1. The summed E-state index contributed by atoms with van der Waals surface area (Å²) >= 11 is 0. The number of carbonyl (C=O) groups excluding carboxylic acids is 1. The van der Waals surface area contributed by atoms with E-state index in [4.69, 9.17) is 9.47 Å². The van der Waals surface area contributed by atoms with Crippen molar-refractivity contribution >= 4 is 5.91 Å². The Hall–Kier alpha value is -1.39. The maximum atomic E-state index is 12.4. The molecular weight excluding hydrogens is 242 g/mol. The minimum atomic E-state index is -0.263. The maximum absolute atomic E-state index is 12.4. The highest BCUT2D eigenvalue weighted by molar-refractivity contribution is 5.81. The van der Waals surface area contributed by atoms with Crippen molar-refractivity contribution in [3.63, 3.8) is 0 Å². The van der Waals surface area contributed by atoms with Crippen LogP contribution in [0.15, 0.2) is 30.3 Å². The monoisotopic (exact) mass is 263 g/mol. The third-order valence-corrected chi connectivity index (χ3v) is 3.30. The topological polar surface area (TPSA) is 38.8 Å². The van der Waals surface area contributed by atoms with Gasteiger partial charge in [-0.2, -0.15) is 0 Å². The molecule has 1 unspecified atom stereocenters. The van der Waals surface area contributed by atoms with Crippen LogP contribution in [0.3, 0.4) is 0 Å². The van der Waals surface area contributed by atoms with Crippen molar-refractivity contribution in [1.82, 2.24) is 4.90 Å². The van der Waals surface area contributed by atoms with Crippen LogP contribution in [0.2, 0.25) is 0 Å². The van der Waals surface area contributed by atoms with Crippen LogP contribution >= 0.6 is 0 Å². The second-order valence-corrected chi connectivity index (χ2v) is 4.74. The van der Waals surface area contributed by atoms with Gasteiger partial charge >= 0.3 is 0 Å². The van der Waals surface area contributed by atoms with Gasteiger partial charge < -0.3 is 14.4 Å². The summed E-state index contributed by atoms with van der Waals surface area (Å²) in [6.45, 7) is 2.46. The third kappa shape index (κ3) is 4.04. The first-order valence-electron chi connectivity index (χ1n) is 6.74. The van der Waals surface area contributed by atoms with Gasteiger partial charge in [0.2, 0.25) is 0 Å². The molecule has 1 aliphatic heterocycles. The smallest absolute Gasteiger partial charge is 0.252 e. The van der Waals surface area contributed by atoms with Crippen LogP contribution in [0.1, 0.15) is 18.4 Å². The summed E-state index contributed by atoms with van der Waals surface area (Å²) in [6.07, 6.45) is 1.54. The lowest BCUT2D eigenvalue weighted by Crippen LogP contribution is -2.40. The molecule has 0 radical (unpaired) electrons. The number of rotatable bonds is 6. The van der Waals surface area contributed by atoms with Crippen molar-refractivity contribution in [3.8, 4) is 0 Å². The van der Waals surface area contributed by atoms with E-state index in [1.165, 1.54) is 0 Å². The minimum absolute atomic E-state index is 0.0819. The zero-order valence-corrected chi connectivity index (χ0v) is 11.4. The molecule has 19 heavy (non-hydrogen) atoms. The second-order valence-electron chi connectivity index (χ2n) is 4.74. The molecule has 4 heteroatoms. The van der Waals surface area contributed by atoms with E-state index < -0.39 is 0 Å². The molecule has 0 bridgehead atoms. The van der Waals surface area contributed by atoms with Gasteiger partial charge in [-0.05, 0) is 18.4 Å². The molecule has 1 aliphatic rings. The SMILES string of the molecule is COCCN(Cc1ccccc1)C(=O)C1CCCO1. The average Bonchev–Trinajstić information content (AvgIpc) is 2.98. The third-order valence-electron chi connectivity index (χ3n) is 3.30. The van der Waals surface area contributed by atoms with E-state index in [0.29, 0.717) is 26.3 Å². The van der Waals surface area contributed by atoms with Gasteiger partial charge in [-0.25, -0.2) is 0 Å². The summed E-state index contributed by atoms with van der Waals surface area (Å²) in [5.74, 6) is 0.0819. The lowest BCUT2D eigenvalue weighted by molar-refractivity contribution is -0.142. The van der Waals surface area contributed by atoms with E-state index in [1.807, 2.05) is 35.2 Å². The van der Waals surface area contributed by atoms with Crippen molar-refractivity contribution in [3.05, 3.63) is 35.9 Å². The largest absolute Gasteiger partial charge is 0.383 e. The van der Waals surface area contributed by atoms with E-state index in [0.717, 1.165) is 18.4 Å². The lowest BCUT2D eigenvalue weighted by Gasteiger charge is -2.25. The Kier molecular flexibility index (Phi) is 5.36. The van der Waals surface area contributed by atoms with Gasteiger partial charge in [0.15, 0.2) is 0 Å². The summed E-state index contributed by atoms with van der Waals surface area (Å²) in [4.78, 5) is 14.2. The van der Waals surface area contributed by atoms with E-state index in [-0.39, 0.29) is 12.0 Å². The predicted octanol–water partition coefficient (Wildman–Crippen LogP) is 1.84. The molecule has 4 nitrogen and oxygen atoms in total. The molecule has 1 heterocycles. The van der Waals surface area contributed by atoms with Gasteiger partial charge in [-0.1, -0.05) is 30.3 Å². The summed E-state index contributed by atoms with van der Waals surface area (Å²) in [7, 11) is 1.65. The van der Waals surface area contributed by atoms with Crippen molar-refractivity contribution in [2.75, 3.05) is 26.9 Å². The van der Waals surface area contributed by atoms with Crippen LogP contribution in [-0.2, 0) is 20.8 Å². The first kappa shape index (κ1) is 14.0. The summed E-state index contributed by atoms with van der Waals surface area (Å²) in [5.41, 5.74) is 1.13. The number of amides is 1. The Labute approximate surface area is 114 Å². The summed E-state index contributed by atoms with van der Waals surface area (Å²) in [6, 6.07) is 10.0. The zero-order valence-electron chi connectivity index (χ0n) is 11.4. The fourth-order valence-corrected chi connectivity index (χ4v) is 2.25. The second kappa shape index (κ2) is 7.26. The van der Waals surface area contributed by atoms with Crippen molar-refractivity contribution in [2.45, 2.75) is 25.5 Å². The molecule has 1 atom stereocenters. The molecule has 0 spiro atoms. The average molecular weight is 263 g/mol. The zero-order chi connectivity index (χ0) is 13.5. The van der Waals surface area contributed by atoms with Crippen molar-refractivity contribution in [1.29, 1.82) is 0 Å². The van der Waals surface area contributed by atoms with Gasteiger partial charge in [0.05, 0.1) is 6.61 Å². The molecule has 1 aromatic rings. The molecule has 0 saturated carbocycles. The van der Waals surface area contributed by atoms with Gasteiger partial charge in [-0.15, -0.1) is 0 Å². The van der Waals surface area contributed by atoms with Crippen molar-refractivity contribution in [2.24, 2.45) is 0 Å². The first-order chi connectivity index (χ1) is 9.31. The predicted molar refractivity (Wildman–Crippen MR) is 72.7 cm³/mol. The Morgan fingerprint density at radius 1 is 1.42 bits per heavy atom. The van der Waals surface area contributed by atoms with E-state index in [1.54, 1.807) is 7.11 Å². The van der Waals surface area contributed by atoms with Crippen LogP contribution in [0.5, 0.6) is 0 Å². The fourth-order valence-electron chi connectivity index (χ4n) is 2.25. The van der Waals surface area contributed by atoms with E-state index in [9.17, 15) is 4.79 Å². The number of methoxy groups -OCH3 is 1. The van der Waals surface area contributed by atoms with Crippen LogP contribution in [0.25, 0.3) is 0 Å². The quantitative estimate of drug-likeness (QED) is 0.786. The highest BCUT2D eigenvalue weighted by Crippen LogP contribution is 2.16. The Balaban J connectivity index is 2.00. The number of ether oxygens (including phenoxy) is 2. The number of hydrogen-bond acceptors (Lipinski definition) is 3. The lowest BCUT2D eigenvalue weighted by atomic mass is 10.1. The van der Waals surface area contributed by atoms with Crippen molar-refractivity contribution < 1.29 is 14.3 Å². The standard InChI is InChI=1S/C15H21NO3/c1-18-11-9-16(12-13-6-3-2-4-7-13)15(17)14-8-5-10-19-14/h2-4,6-7,14H,5,8-12H2,1H3. The molecule has 0 N–H and O–H groups in total. The maximum Gasteiger partial charge on any atom is 0.252 e. The molecule has 0 aliphatic carbocycles. The molecule has 1 fully saturated rings. The number of benzene rings is 1. The van der Waals surface area contributed by atoms with Crippen LogP contribution < -0.4 is 0 Å². The molecular formula is C15H21NO3. The Morgan fingerprint density at radius 3 is 2.84 bits per heavy atom. The van der Waals surface area contributed by atoms with E-state index in [2.05, 4.69) is 0 Å². The van der Waals surface area contributed by atoms with Crippen LogP contribution in [-0.4, -0.2) is 43.8 Å². The number of hydrogen-bond donors (Lipinski definition) is 0. The van der Waals surface area contributed by atoms with Crippen LogP contribution in [0, 0.1) is 0 Å². The van der Waals surface area contributed by atoms with E-state index >= 15 is 0 Å². The normalized spacial score (nSPS) is 18.5. The van der Waals surface area contributed by atoms with Gasteiger partial charge in [0.25, 0.3) is 5.91 Å². The van der Waals surface area contributed by atoms with Gasteiger partial charge in [-0.3, -0.25) is 4.79 Å². The molecule has 1 aromatic carbocycles. The minimum Gasteiger partial charge on any atom is -0.383 e. The molecule has 1 saturated heterocycles. The summed E-state index contributed by atoms with van der Waals surface area (Å²) < 4.78 is 10.6. The highest BCUT2D eigenvalue weighted by Gasteiger charge is 2.28. The molecule has 0 aromatic heterocycles. The molecule has 1 amide bonds. The Morgan fingerprint density at radius 2 is 2.21 bits per heavy atom. The molecule has 2 rings (SSSR count). The first-order valence-corrected chi connectivity index (χ1v) is 6.74. The molecule has 104 valence electrons. The highest BCUT2D eigenvalue weighted by atomic mass is 16.5. The summed E-state index contributed by atoms with van der Waals surface area (Å²) in [5, 5.41) is 0.